The van der Waals surface area contributed by atoms with Crippen LogP contribution >= 0.6 is 0 Å². The minimum absolute atomic E-state index is 0.00608. The number of aryl methyl sites for hydroxylation is 1. The zero-order valence-corrected chi connectivity index (χ0v) is 12.3. The summed E-state index contributed by atoms with van der Waals surface area (Å²) in [6.07, 6.45) is 7.69. The molecule has 0 spiro atoms. The molecule has 1 N–H and O–H groups in total. The van der Waals surface area contributed by atoms with E-state index in [2.05, 4.69) is 41.5 Å². The fourth-order valence-electron chi connectivity index (χ4n) is 2.50. The van der Waals surface area contributed by atoms with E-state index in [0.29, 0.717) is 11.9 Å². The predicted octanol–water partition coefficient (Wildman–Crippen LogP) is 3.01. The summed E-state index contributed by atoms with van der Waals surface area (Å²) in [6.45, 7) is 2.10. The van der Waals surface area contributed by atoms with Crippen molar-refractivity contribution in [3.05, 3.63) is 58.6 Å². The first kappa shape index (κ1) is 13.9. The smallest absolute Gasteiger partial charge is 0.293 e. The Kier molecular flexibility index (Phi) is 4.04. The van der Waals surface area contributed by atoms with Crippen molar-refractivity contribution >= 4 is 5.82 Å². The number of anilines is 1. The molecule has 0 aliphatic heterocycles. The number of benzene rings is 1. The summed E-state index contributed by atoms with van der Waals surface area (Å²) in [5.41, 5.74) is 1.33. The van der Waals surface area contributed by atoms with Crippen LogP contribution in [0.2, 0.25) is 0 Å². The van der Waals surface area contributed by atoms with Gasteiger partial charge in [-0.2, -0.15) is 0 Å². The summed E-state index contributed by atoms with van der Waals surface area (Å²) in [5, 5.41) is 3.26. The average Bonchev–Trinajstić information content (AvgIpc) is 3.33. The summed E-state index contributed by atoms with van der Waals surface area (Å²) in [4.78, 5) is 16.5. The monoisotopic (exact) mass is 283 g/mol. The van der Waals surface area contributed by atoms with Gasteiger partial charge in [0.15, 0.2) is 5.82 Å². The highest BCUT2D eigenvalue weighted by molar-refractivity contribution is 5.32. The number of nitrogens with one attached hydrogen (secondary N) is 1. The van der Waals surface area contributed by atoms with Crippen molar-refractivity contribution in [2.75, 3.05) is 5.32 Å². The van der Waals surface area contributed by atoms with Crippen molar-refractivity contribution in [3.63, 3.8) is 0 Å². The molecule has 1 atom stereocenters. The molecule has 0 radical (unpaired) electrons. The topological polar surface area (TPSA) is 46.9 Å². The van der Waals surface area contributed by atoms with Crippen molar-refractivity contribution < 1.29 is 0 Å². The summed E-state index contributed by atoms with van der Waals surface area (Å²) >= 11 is 0. The SMILES string of the molecule is CC(CCc1ccccc1)Nc1nccn(C2CC2)c1=O. The molecular formula is C17H21N3O. The maximum absolute atomic E-state index is 12.3. The summed E-state index contributed by atoms with van der Waals surface area (Å²) in [5.74, 6) is 0.477. The third-order valence-electron chi connectivity index (χ3n) is 3.90. The van der Waals surface area contributed by atoms with Crippen molar-refractivity contribution in [3.8, 4) is 0 Å². The lowest BCUT2D eigenvalue weighted by Crippen LogP contribution is -2.27. The largest absolute Gasteiger partial charge is 0.363 e. The van der Waals surface area contributed by atoms with Crippen molar-refractivity contribution in [2.24, 2.45) is 0 Å². The molecular weight excluding hydrogens is 262 g/mol. The standard InChI is InChI=1S/C17H21N3O/c1-13(7-8-14-5-3-2-4-6-14)19-16-17(21)20(12-11-18-16)15-9-10-15/h2-6,11-13,15H,7-10H2,1H3,(H,18,19). The van der Waals surface area contributed by atoms with Gasteiger partial charge in [0.1, 0.15) is 0 Å². The molecule has 3 rings (SSSR count). The van der Waals surface area contributed by atoms with Gasteiger partial charge in [0.25, 0.3) is 5.56 Å². The van der Waals surface area contributed by atoms with Crippen LogP contribution in [-0.4, -0.2) is 15.6 Å². The second kappa shape index (κ2) is 6.12. The van der Waals surface area contributed by atoms with Gasteiger partial charge in [-0.15, -0.1) is 0 Å². The third kappa shape index (κ3) is 3.51. The van der Waals surface area contributed by atoms with E-state index in [1.54, 1.807) is 17.0 Å². The highest BCUT2D eigenvalue weighted by Crippen LogP contribution is 2.33. The van der Waals surface area contributed by atoms with Gasteiger partial charge in [0.05, 0.1) is 0 Å². The molecule has 1 unspecified atom stereocenters. The maximum Gasteiger partial charge on any atom is 0.293 e. The first-order chi connectivity index (χ1) is 10.2. The first-order valence-corrected chi connectivity index (χ1v) is 7.61. The summed E-state index contributed by atoms with van der Waals surface area (Å²) < 4.78 is 1.80. The molecule has 1 fully saturated rings. The van der Waals surface area contributed by atoms with E-state index in [1.165, 1.54) is 5.56 Å². The van der Waals surface area contributed by atoms with Crippen LogP contribution < -0.4 is 10.9 Å². The van der Waals surface area contributed by atoms with E-state index >= 15 is 0 Å². The Labute approximate surface area is 124 Å². The predicted molar refractivity (Wildman–Crippen MR) is 84.6 cm³/mol. The van der Waals surface area contributed by atoms with Crippen LogP contribution in [0.1, 0.15) is 37.8 Å². The number of aromatic nitrogens is 2. The Morgan fingerprint density at radius 3 is 2.81 bits per heavy atom. The minimum Gasteiger partial charge on any atom is -0.363 e. The number of hydrogen-bond acceptors (Lipinski definition) is 3. The molecule has 2 aromatic rings. The molecule has 1 aliphatic carbocycles. The fraction of sp³-hybridized carbons (Fsp3) is 0.412. The molecule has 1 aromatic heterocycles. The summed E-state index contributed by atoms with van der Waals surface area (Å²) in [7, 11) is 0. The van der Waals surface area contributed by atoms with Gasteiger partial charge >= 0.3 is 0 Å². The lowest BCUT2D eigenvalue weighted by molar-refractivity contribution is 0.676. The lowest BCUT2D eigenvalue weighted by atomic mass is 10.1. The van der Waals surface area contributed by atoms with E-state index in [4.69, 9.17) is 0 Å². The average molecular weight is 283 g/mol. The van der Waals surface area contributed by atoms with Crippen LogP contribution in [0.5, 0.6) is 0 Å². The maximum atomic E-state index is 12.3. The van der Waals surface area contributed by atoms with Gasteiger partial charge in [0.2, 0.25) is 0 Å². The minimum atomic E-state index is 0.00608. The lowest BCUT2D eigenvalue weighted by Gasteiger charge is -2.15. The zero-order chi connectivity index (χ0) is 14.7. The number of nitrogens with zero attached hydrogens (tertiary/aromatic N) is 2. The Bertz CT molecular complexity index is 647. The van der Waals surface area contributed by atoms with Gasteiger partial charge in [-0.05, 0) is 38.2 Å². The van der Waals surface area contributed by atoms with Crippen molar-refractivity contribution in [2.45, 2.75) is 44.7 Å². The van der Waals surface area contributed by atoms with Gasteiger partial charge in [0, 0.05) is 24.5 Å². The Balaban J connectivity index is 1.61. The molecule has 1 aromatic carbocycles. The normalized spacial score (nSPS) is 15.7. The molecule has 0 bridgehead atoms. The van der Waals surface area contributed by atoms with E-state index < -0.39 is 0 Å². The van der Waals surface area contributed by atoms with Gasteiger partial charge in [-0.1, -0.05) is 30.3 Å². The Morgan fingerprint density at radius 2 is 2.10 bits per heavy atom. The molecule has 4 heteroatoms. The van der Waals surface area contributed by atoms with Crippen LogP contribution in [0.3, 0.4) is 0 Å². The molecule has 1 saturated carbocycles. The molecule has 110 valence electrons. The fourth-order valence-corrected chi connectivity index (χ4v) is 2.50. The van der Waals surface area contributed by atoms with Crippen LogP contribution in [0.4, 0.5) is 5.82 Å². The van der Waals surface area contributed by atoms with Crippen molar-refractivity contribution in [1.82, 2.24) is 9.55 Å². The first-order valence-electron chi connectivity index (χ1n) is 7.61. The second-order valence-corrected chi connectivity index (χ2v) is 5.79. The van der Waals surface area contributed by atoms with E-state index in [-0.39, 0.29) is 11.6 Å². The van der Waals surface area contributed by atoms with Gasteiger partial charge in [-0.25, -0.2) is 4.98 Å². The molecule has 21 heavy (non-hydrogen) atoms. The van der Waals surface area contributed by atoms with E-state index in [9.17, 15) is 4.79 Å². The van der Waals surface area contributed by atoms with Crippen LogP contribution in [-0.2, 0) is 6.42 Å². The van der Waals surface area contributed by atoms with Crippen LogP contribution in [0.15, 0.2) is 47.5 Å². The number of rotatable bonds is 6. The molecule has 0 saturated heterocycles. The quantitative estimate of drug-likeness (QED) is 0.886. The Hall–Kier alpha value is -2.10. The summed E-state index contributed by atoms with van der Waals surface area (Å²) in [6, 6.07) is 11.0. The Morgan fingerprint density at radius 1 is 1.33 bits per heavy atom. The molecule has 4 nitrogen and oxygen atoms in total. The van der Waals surface area contributed by atoms with E-state index in [0.717, 1.165) is 25.7 Å². The highest BCUT2D eigenvalue weighted by atomic mass is 16.1. The van der Waals surface area contributed by atoms with Crippen LogP contribution in [0.25, 0.3) is 0 Å². The van der Waals surface area contributed by atoms with Gasteiger partial charge in [-0.3, -0.25) is 4.79 Å². The number of hydrogen-bond donors (Lipinski definition) is 1. The highest BCUT2D eigenvalue weighted by Gasteiger charge is 2.25. The van der Waals surface area contributed by atoms with E-state index in [1.807, 2.05) is 6.07 Å². The molecule has 0 amide bonds. The second-order valence-electron chi connectivity index (χ2n) is 5.79. The molecule has 1 heterocycles. The van der Waals surface area contributed by atoms with Crippen molar-refractivity contribution in [1.29, 1.82) is 0 Å². The third-order valence-corrected chi connectivity index (χ3v) is 3.90. The van der Waals surface area contributed by atoms with Crippen LogP contribution in [0, 0.1) is 0 Å². The van der Waals surface area contributed by atoms with Gasteiger partial charge < -0.3 is 9.88 Å². The zero-order valence-electron chi connectivity index (χ0n) is 12.3. The molecule has 1 aliphatic rings.